The molecule has 0 bridgehead atoms. The first-order valence-electron chi connectivity index (χ1n) is 8.28. The summed E-state index contributed by atoms with van der Waals surface area (Å²) in [7, 11) is 4.06. The van der Waals surface area contributed by atoms with E-state index in [1.54, 1.807) is 11.3 Å². The van der Waals surface area contributed by atoms with Gasteiger partial charge in [-0.1, -0.05) is 53.8 Å². The summed E-state index contributed by atoms with van der Waals surface area (Å²) in [5.74, 6) is 0. The van der Waals surface area contributed by atoms with Crippen molar-refractivity contribution in [2.75, 3.05) is 19.0 Å². The van der Waals surface area contributed by atoms with Gasteiger partial charge in [0.1, 0.15) is 4.70 Å². The van der Waals surface area contributed by atoms with Crippen LogP contribution in [0.3, 0.4) is 0 Å². The number of carbonyl (C=O) groups excluding carboxylic acids is 1. The molecule has 0 aliphatic rings. The molecule has 2 aromatic carbocycles. The summed E-state index contributed by atoms with van der Waals surface area (Å²) in [4.78, 5) is 12.6. The normalized spacial score (nSPS) is 11.5. The molecule has 0 aliphatic heterocycles. The van der Waals surface area contributed by atoms with Gasteiger partial charge in [-0.2, -0.15) is 0 Å². The number of aromatic nitrogens is 1. The molecule has 0 atom stereocenters. The van der Waals surface area contributed by atoms with E-state index in [0.29, 0.717) is 6.47 Å². The summed E-state index contributed by atoms with van der Waals surface area (Å²) in [6.07, 6.45) is 8.11. The lowest BCUT2D eigenvalue weighted by Crippen LogP contribution is -2.36. The highest BCUT2D eigenvalue weighted by Gasteiger charge is 2.17. The Morgan fingerprint density at radius 2 is 1.77 bits per heavy atom. The number of rotatable bonds is 7. The van der Waals surface area contributed by atoms with Gasteiger partial charge in [-0.25, -0.2) is 0 Å². The minimum Gasteiger partial charge on any atom is -0.407 e. The Kier molecular flexibility index (Phi) is 5.81. The van der Waals surface area contributed by atoms with Crippen molar-refractivity contribution in [3.63, 3.8) is 0 Å². The zero-order valence-electron chi connectivity index (χ0n) is 14.8. The van der Waals surface area contributed by atoms with E-state index in [4.69, 9.17) is 4.74 Å². The van der Waals surface area contributed by atoms with Gasteiger partial charge in [0, 0.05) is 31.9 Å². The number of benzene rings is 2. The number of allylic oxidation sites excluding steroid dienone is 2. The van der Waals surface area contributed by atoms with Gasteiger partial charge in [0.05, 0.1) is 0 Å². The van der Waals surface area contributed by atoms with Crippen molar-refractivity contribution in [1.82, 2.24) is 0 Å². The Balaban J connectivity index is 1.78. The molecule has 0 radical (unpaired) electrons. The highest BCUT2D eigenvalue weighted by molar-refractivity contribution is 7.18. The first kappa shape index (κ1) is 17.9. The van der Waals surface area contributed by atoms with Crippen LogP contribution in [0.25, 0.3) is 22.4 Å². The van der Waals surface area contributed by atoms with Crippen molar-refractivity contribution in [3.05, 3.63) is 71.3 Å². The van der Waals surface area contributed by atoms with E-state index in [0.717, 1.165) is 20.8 Å². The molecule has 3 aromatic rings. The summed E-state index contributed by atoms with van der Waals surface area (Å²) in [5.41, 5.74) is 3.38. The molecular weight excluding hydrogens is 344 g/mol. The number of anilines is 1. The summed E-state index contributed by atoms with van der Waals surface area (Å²) >= 11 is 1.67. The topological polar surface area (TPSA) is 33.4 Å². The molecule has 0 N–H and O–H groups in total. The highest BCUT2D eigenvalue weighted by Crippen LogP contribution is 2.21. The quantitative estimate of drug-likeness (QED) is 0.359. The number of hydrogen-bond donors (Lipinski definition) is 0. The van der Waals surface area contributed by atoms with E-state index in [2.05, 4.69) is 41.3 Å². The number of para-hydroxylation sites is 1. The fourth-order valence-electron chi connectivity index (χ4n) is 2.60. The fraction of sp³-hybridized carbons (Fsp3) is 0.143. The van der Waals surface area contributed by atoms with Crippen LogP contribution in [0.2, 0.25) is 0 Å². The van der Waals surface area contributed by atoms with Crippen LogP contribution in [0.4, 0.5) is 5.69 Å². The van der Waals surface area contributed by atoms with Gasteiger partial charge >= 0.3 is 0 Å². The van der Waals surface area contributed by atoms with Crippen LogP contribution in [0.15, 0.2) is 60.7 Å². The molecular formula is C21H21N2O2S+. The average Bonchev–Trinajstić information content (AvgIpc) is 3.01. The van der Waals surface area contributed by atoms with Crippen molar-refractivity contribution in [2.24, 2.45) is 0 Å². The standard InChI is InChI=1S/C21H21N2O2S/c1-22(2)18-13-11-17(12-14-18)7-3-6-10-21-23(15-25-16-24)19-8-4-5-9-20(19)26-21/h3-14,16H,15H2,1-2H3/q+1. The summed E-state index contributed by atoms with van der Waals surface area (Å²) in [5, 5.41) is 1.03. The van der Waals surface area contributed by atoms with Gasteiger partial charge in [0.25, 0.3) is 18.2 Å². The molecule has 0 saturated heterocycles. The minimum absolute atomic E-state index is 0.211. The number of fused-ring (bicyclic) bond motifs is 1. The van der Waals surface area contributed by atoms with Crippen LogP contribution in [-0.4, -0.2) is 20.6 Å². The van der Waals surface area contributed by atoms with Crippen LogP contribution in [0, 0.1) is 0 Å². The summed E-state index contributed by atoms with van der Waals surface area (Å²) in [6, 6.07) is 16.5. The first-order valence-corrected chi connectivity index (χ1v) is 9.09. The predicted molar refractivity (Wildman–Crippen MR) is 108 cm³/mol. The van der Waals surface area contributed by atoms with Gasteiger partial charge in [0.2, 0.25) is 5.52 Å². The lowest BCUT2D eigenvalue weighted by Gasteiger charge is -2.11. The van der Waals surface area contributed by atoms with Gasteiger partial charge in [-0.3, -0.25) is 4.79 Å². The SMILES string of the molecule is CN(C)c1ccc(/C=C/C=C/c2sc3ccccc3[n+]2COC=O)cc1. The van der Waals surface area contributed by atoms with E-state index in [9.17, 15) is 4.79 Å². The van der Waals surface area contributed by atoms with Gasteiger partial charge in [0.15, 0.2) is 0 Å². The molecule has 3 rings (SSSR count). The van der Waals surface area contributed by atoms with E-state index in [1.807, 2.05) is 55.1 Å². The molecule has 26 heavy (non-hydrogen) atoms. The molecule has 0 spiro atoms. The summed E-state index contributed by atoms with van der Waals surface area (Å²) in [6.45, 7) is 0.688. The maximum Gasteiger partial charge on any atom is 0.297 e. The van der Waals surface area contributed by atoms with Crippen LogP contribution in [-0.2, 0) is 16.3 Å². The smallest absolute Gasteiger partial charge is 0.297 e. The zero-order chi connectivity index (χ0) is 18.4. The van der Waals surface area contributed by atoms with E-state index in [1.165, 1.54) is 5.69 Å². The molecule has 0 fully saturated rings. The Bertz CT molecular complexity index is 940. The fourth-order valence-corrected chi connectivity index (χ4v) is 3.67. The maximum atomic E-state index is 10.6. The number of thiazole rings is 1. The second-order valence-corrected chi connectivity index (χ2v) is 6.99. The van der Waals surface area contributed by atoms with Gasteiger partial charge < -0.3 is 9.64 Å². The lowest BCUT2D eigenvalue weighted by atomic mass is 10.2. The number of hydrogen-bond acceptors (Lipinski definition) is 4. The lowest BCUT2D eigenvalue weighted by molar-refractivity contribution is -0.700. The van der Waals surface area contributed by atoms with Crippen molar-refractivity contribution in [2.45, 2.75) is 6.73 Å². The number of ether oxygens (including phenoxy) is 1. The third-order valence-corrected chi connectivity index (χ3v) is 5.09. The van der Waals surface area contributed by atoms with Crippen molar-refractivity contribution >= 4 is 45.9 Å². The number of carbonyl (C=O) groups is 1. The van der Waals surface area contributed by atoms with Crippen LogP contribution in [0.1, 0.15) is 10.6 Å². The zero-order valence-corrected chi connectivity index (χ0v) is 15.6. The van der Waals surface area contributed by atoms with Crippen LogP contribution in [0.5, 0.6) is 0 Å². The Morgan fingerprint density at radius 3 is 2.50 bits per heavy atom. The van der Waals surface area contributed by atoms with Crippen LogP contribution >= 0.6 is 11.3 Å². The maximum absolute atomic E-state index is 10.6. The molecule has 1 heterocycles. The average molecular weight is 365 g/mol. The highest BCUT2D eigenvalue weighted by atomic mass is 32.1. The molecule has 4 nitrogen and oxygen atoms in total. The molecule has 0 amide bonds. The van der Waals surface area contributed by atoms with Crippen molar-refractivity contribution in [3.8, 4) is 0 Å². The Morgan fingerprint density at radius 1 is 1.04 bits per heavy atom. The second kappa shape index (κ2) is 8.45. The first-order chi connectivity index (χ1) is 12.7. The molecule has 0 saturated carbocycles. The summed E-state index contributed by atoms with van der Waals surface area (Å²) < 4.78 is 8.11. The van der Waals surface area contributed by atoms with Gasteiger partial charge in [-0.15, -0.1) is 4.57 Å². The third kappa shape index (κ3) is 4.18. The molecule has 0 aliphatic carbocycles. The van der Waals surface area contributed by atoms with E-state index in [-0.39, 0.29) is 6.73 Å². The molecule has 5 heteroatoms. The molecule has 0 unspecified atom stereocenters. The van der Waals surface area contributed by atoms with E-state index >= 15 is 0 Å². The predicted octanol–water partition coefficient (Wildman–Crippen LogP) is 4.11. The molecule has 132 valence electrons. The van der Waals surface area contributed by atoms with Gasteiger partial charge in [-0.05, 0) is 23.8 Å². The van der Waals surface area contributed by atoms with Crippen molar-refractivity contribution in [1.29, 1.82) is 0 Å². The molecule has 1 aromatic heterocycles. The third-order valence-electron chi connectivity index (χ3n) is 3.96. The van der Waals surface area contributed by atoms with Crippen LogP contribution < -0.4 is 9.47 Å². The number of nitrogens with zero attached hydrogens (tertiary/aromatic N) is 2. The Hall–Kier alpha value is -2.92. The van der Waals surface area contributed by atoms with E-state index < -0.39 is 0 Å². The monoisotopic (exact) mass is 365 g/mol. The Labute approximate surface area is 157 Å². The minimum atomic E-state index is 0.211. The second-order valence-electron chi connectivity index (χ2n) is 5.93. The van der Waals surface area contributed by atoms with Crippen molar-refractivity contribution < 1.29 is 14.1 Å². The largest absolute Gasteiger partial charge is 0.407 e.